The number of nitro groups is 1. The van der Waals surface area contributed by atoms with Gasteiger partial charge in [-0.15, -0.1) is 11.3 Å². The van der Waals surface area contributed by atoms with E-state index >= 15 is 0 Å². The highest BCUT2D eigenvalue weighted by atomic mass is 32.1. The molecular formula is C16H9N3O3S. The summed E-state index contributed by atoms with van der Waals surface area (Å²) in [6.07, 6.45) is 0. The molecule has 6 nitrogen and oxygen atoms in total. The second kappa shape index (κ2) is 5.87. The third-order valence-electron chi connectivity index (χ3n) is 3.18. The van der Waals surface area contributed by atoms with E-state index in [9.17, 15) is 14.9 Å². The molecule has 0 radical (unpaired) electrons. The number of hydrogen-bond donors (Lipinski definition) is 1. The largest absolute Gasteiger partial charge is 0.321 e. The summed E-state index contributed by atoms with van der Waals surface area (Å²) in [4.78, 5) is 23.1. The van der Waals surface area contributed by atoms with Crippen LogP contribution in [0.4, 0.5) is 11.4 Å². The maximum Gasteiger partial charge on any atom is 0.270 e. The number of carbonyl (C=O) groups excluding carboxylic acids is 1. The Hall–Kier alpha value is -3.24. The minimum absolute atomic E-state index is 0.0102. The van der Waals surface area contributed by atoms with Crippen molar-refractivity contribution < 1.29 is 9.72 Å². The molecule has 7 heteroatoms. The monoisotopic (exact) mass is 323 g/mol. The molecule has 3 rings (SSSR count). The van der Waals surface area contributed by atoms with Crippen molar-refractivity contribution in [1.29, 1.82) is 5.26 Å². The zero-order valence-electron chi connectivity index (χ0n) is 11.6. The zero-order valence-corrected chi connectivity index (χ0v) is 12.5. The number of amides is 1. The Morgan fingerprint density at radius 2 is 2.04 bits per heavy atom. The molecule has 0 fully saturated rings. The molecule has 0 saturated carbocycles. The van der Waals surface area contributed by atoms with Gasteiger partial charge in [-0.1, -0.05) is 6.07 Å². The number of nitrogens with one attached hydrogen (secondary N) is 1. The molecule has 0 unspecified atom stereocenters. The zero-order chi connectivity index (χ0) is 16.4. The Labute approximate surface area is 134 Å². The lowest BCUT2D eigenvalue weighted by Crippen LogP contribution is -2.09. The number of fused-ring (bicyclic) bond motifs is 1. The molecule has 1 N–H and O–H groups in total. The van der Waals surface area contributed by atoms with Gasteiger partial charge in [0.25, 0.3) is 11.6 Å². The molecule has 0 atom stereocenters. The van der Waals surface area contributed by atoms with Gasteiger partial charge in [-0.25, -0.2) is 0 Å². The number of anilines is 1. The van der Waals surface area contributed by atoms with Crippen molar-refractivity contribution >= 4 is 38.7 Å². The molecule has 1 heterocycles. The molecule has 0 aliphatic rings. The summed E-state index contributed by atoms with van der Waals surface area (Å²) in [6, 6.07) is 14.7. The van der Waals surface area contributed by atoms with E-state index in [2.05, 4.69) is 5.32 Å². The molecule has 3 aromatic rings. The average molecular weight is 323 g/mol. The Balaban J connectivity index is 1.88. The average Bonchev–Trinajstić information content (AvgIpc) is 2.98. The van der Waals surface area contributed by atoms with E-state index in [-0.39, 0.29) is 11.6 Å². The van der Waals surface area contributed by atoms with E-state index in [0.29, 0.717) is 21.5 Å². The third kappa shape index (κ3) is 3.02. The van der Waals surface area contributed by atoms with Crippen molar-refractivity contribution in [2.24, 2.45) is 0 Å². The Bertz CT molecular complexity index is 972. The number of nitrogens with zero attached hydrogens (tertiary/aromatic N) is 2. The number of hydrogen-bond acceptors (Lipinski definition) is 5. The highest BCUT2D eigenvalue weighted by molar-refractivity contribution is 7.20. The molecule has 0 aliphatic heterocycles. The number of carbonyl (C=O) groups is 1. The van der Waals surface area contributed by atoms with Gasteiger partial charge in [0.2, 0.25) is 0 Å². The molecule has 0 bridgehead atoms. The fourth-order valence-electron chi connectivity index (χ4n) is 2.12. The van der Waals surface area contributed by atoms with E-state index in [1.807, 2.05) is 6.07 Å². The Morgan fingerprint density at radius 1 is 1.22 bits per heavy atom. The first-order chi connectivity index (χ1) is 11.1. The molecule has 0 aliphatic carbocycles. The summed E-state index contributed by atoms with van der Waals surface area (Å²) in [5.41, 5.74) is 0.969. The van der Waals surface area contributed by atoms with Gasteiger partial charge in [0.1, 0.15) is 0 Å². The van der Waals surface area contributed by atoms with Crippen molar-refractivity contribution in [3.05, 3.63) is 69.1 Å². The highest BCUT2D eigenvalue weighted by Gasteiger charge is 2.13. The van der Waals surface area contributed by atoms with E-state index in [1.54, 1.807) is 36.4 Å². The number of thiophene rings is 1. The van der Waals surface area contributed by atoms with Gasteiger partial charge < -0.3 is 5.32 Å². The van der Waals surface area contributed by atoms with Crippen molar-refractivity contribution in [1.82, 2.24) is 0 Å². The molecule has 0 spiro atoms. The number of non-ortho nitro benzene ring substituents is 1. The van der Waals surface area contributed by atoms with Crippen LogP contribution in [0.1, 0.15) is 15.2 Å². The lowest BCUT2D eigenvalue weighted by atomic mass is 10.2. The van der Waals surface area contributed by atoms with Crippen LogP contribution in [-0.2, 0) is 0 Å². The van der Waals surface area contributed by atoms with Crippen LogP contribution >= 0.6 is 11.3 Å². The smallest absolute Gasteiger partial charge is 0.270 e. The summed E-state index contributed by atoms with van der Waals surface area (Å²) in [5, 5.41) is 23.0. The second-order valence-corrected chi connectivity index (χ2v) is 5.82. The maximum absolute atomic E-state index is 12.3. The van der Waals surface area contributed by atoms with Crippen molar-refractivity contribution in [3.8, 4) is 6.07 Å². The van der Waals surface area contributed by atoms with E-state index in [1.165, 1.54) is 23.5 Å². The SMILES string of the molecule is N#Cc1cccc(NC(=O)c2cc3cc([N+](=O)[O-])ccc3s2)c1. The van der Waals surface area contributed by atoms with E-state index in [0.717, 1.165) is 4.70 Å². The van der Waals surface area contributed by atoms with Crippen LogP contribution in [0.3, 0.4) is 0 Å². The fraction of sp³-hybridized carbons (Fsp3) is 0. The van der Waals surface area contributed by atoms with Crippen LogP contribution in [-0.4, -0.2) is 10.8 Å². The van der Waals surface area contributed by atoms with Crippen molar-refractivity contribution in [2.45, 2.75) is 0 Å². The number of nitro benzene ring substituents is 1. The van der Waals surface area contributed by atoms with E-state index < -0.39 is 4.92 Å². The van der Waals surface area contributed by atoms with Gasteiger partial charge in [-0.05, 0) is 30.3 Å². The molecule has 1 amide bonds. The van der Waals surface area contributed by atoms with Crippen LogP contribution in [0.5, 0.6) is 0 Å². The number of benzene rings is 2. The minimum atomic E-state index is -0.468. The minimum Gasteiger partial charge on any atom is -0.321 e. The quantitative estimate of drug-likeness (QED) is 0.583. The maximum atomic E-state index is 12.3. The van der Waals surface area contributed by atoms with Crippen molar-refractivity contribution in [3.63, 3.8) is 0 Å². The predicted molar refractivity (Wildman–Crippen MR) is 87.6 cm³/mol. The van der Waals surface area contributed by atoms with Gasteiger partial charge in [0.15, 0.2) is 0 Å². The van der Waals surface area contributed by atoms with Crippen LogP contribution in [0.15, 0.2) is 48.5 Å². The number of rotatable bonds is 3. The van der Waals surface area contributed by atoms with Gasteiger partial charge in [-0.3, -0.25) is 14.9 Å². The van der Waals surface area contributed by atoms with Crippen LogP contribution in [0.25, 0.3) is 10.1 Å². The van der Waals surface area contributed by atoms with Gasteiger partial charge in [-0.2, -0.15) is 5.26 Å². The molecule has 112 valence electrons. The normalized spacial score (nSPS) is 10.2. The predicted octanol–water partition coefficient (Wildman–Crippen LogP) is 3.93. The summed E-state index contributed by atoms with van der Waals surface area (Å²) < 4.78 is 0.798. The lowest BCUT2D eigenvalue weighted by Gasteiger charge is -2.03. The summed E-state index contributed by atoms with van der Waals surface area (Å²) in [5.74, 6) is -0.316. The molecule has 23 heavy (non-hydrogen) atoms. The Morgan fingerprint density at radius 3 is 2.78 bits per heavy atom. The number of nitriles is 1. The van der Waals surface area contributed by atoms with Gasteiger partial charge in [0, 0.05) is 27.9 Å². The van der Waals surface area contributed by atoms with Crippen LogP contribution in [0, 0.1) is 21.4 Å². The topological polar surface area (TPSA) is 96.0 Å². The molecule has 2 aromatic carbocycles. The fourth-order valence-corrected chi connectivity index (χ4v) is 3.05. The molecular weight excluding hydrogens is 314 g/mol. The highest BCUT2D eigenvalue weighted by Crippen LogP contribution is 2.29. The standard InChI is InChI=1S/C16H9N3O3S/c17-9-10-2-1-3-12(6-10)18-16(20)15-8-11-7-13(19(21)22)4-5-14(11)23-15/h1-8H,(H,18,20). The van der Waals surface area contributed by atoms with Crippen molar-refractivity contribution in [2.75, 3.05) is 5.32 Å². The second-order valence-electron chi connectivity index (χ2n) is 4.74. The first kappa shape index (κ1) is 14.7. The third-order valence-corrected chi connectivity index (χ3v) is 4.30. The molecule has 0 saturated heterocycles. The van der Waals surface area contributed by atoms with Crippen LogP contribution in [0.2, 0.25) is 0 Å². The molecule has 1 aromatic heterocycles. The van der Waals surface area contributed by atoms with E-state index in [4.69, 9.17) is 5.26 Å². The van der Waals surface area contributed by atoms with Gasteiger partial charge in [0.05, 0.1) is 21.4 Å². The Kier molecular flexibility index (Phi) is 3.75. The summed E-state index contributed by atoms with van der Waals surface area (Å²) in [7, 11) is 0. The first-order valence-corrected chi connectivity index (χ1v) is 7.38. The van der Waals surface area contributed by atoms with Crippen LogP contribution < -0.4 is 5.32 Å². The summed E-state index contributed by atoms with van der Waals surface area (Å²) in [6.45, 7) is 0. The summed E-state index contributed by atoms with van der Waals surface area (Å²) >= 11 is 1.26. The van der Waals surface area contributed by atoms with Gasteiger partial charge >= 0.3 is 0 Å². The lowest BCUT2D eigenvalue weighted by molar-refractivity contribution is -0.384. The first-order valence-electron chi connectivity index (χ1n) is 6.56.